The number of morpholine rings is 1. The zero-order valence-corrected chi connectivity index (χ0v) is 27.8. The summed E-state index contributed by atoms with van der Waals surface area (Å²) in [6.07, 6.45) is 15.2. The van der Waals surface area contributed by atoms with Crippen molar-refractivity contribution in [1.82, 2.24) is 29.6 Å². The van der Waals surface area contributed by atoms with Crippen LogP contribution in [-0.4, -0.2) is 80.0 Å². The van der Waals surface area contributed by atoms with E-state index in [1.807, 2.05) is 30.6 Å². The van der Waals surface area contributed by atoms with Gasteiger partial charge >= 0.3 is 0 Å². The number of rotatable bonds is 12. The maximum Gasteiger partial charge on any atom is 0.257 e. The molecule has 2 aliphatic heterocycles. The second-order valence-electron chi connectivity index (χ2n) is 12.6. The molecule has 1 aliphatic carbocycles. The smallest absolute Gasteiger partial charge is 0.257 e. The van der Waals surface area contributed by atoms with Crippen molar-refractivity contribution in [1.29, 1.82) is 5.26 Å². The van der Waals surface area contributed by atoms with Crippen LogP contribution in [0.2, 0.25) is 0 Å². The van der Waals surface area contributed by atoms with Crippen molar-refractivity contribution in [3.63, 3.8) is 0 Å². The van der Waals surface area contributed by atoms with Crippen molar-refractivity contribution in [3.8, 4) is 28.8 Å². The SMILES string of the molecule is C[C@@H](CN=CN)Oc1cc(-c2cnc(Nc3cn(C4CCC(N5C6CC[C@@H]5COC6)CC4)nc3OCc3nccs3)nc2)ccc1C#N. The summed E-state index contributed by atoms with van der Waals surface area (Å²) in [6.45, 7) is 4.34. The van der Waals surface area contributed by atoms with Crippen molar-refractivity contribution in [2.24, 2.45) is 10.7 Å². The van der Waals surface area contributed by atoms with Gasteiger partial charge in [-0.05, 0) is 63.1 Å². The Morgan fingerprint density at radius 3 is 2.54 bits per heavy atom. The summed E-state index contributed by atoms with van der Waals surface area (Å²) in [5.41, 5.74) is 8.11. The predicted octanol–water partition coefficient (Wildman–Crippen LogP) is 5.09. The Morgan fingerprint density at radius 1 is 1.08 bits per heavy atom. The first-order chi connectivity index (χ1) is 23.6. The van der Waals surface area contributed by atoms with Gasteiger partial charge < -0.3 is 25.3 Å². The highest BCUT2D eigenvalue weighted by Gasteiger charge is 2.42. The Balaban J connectivity index is 1.05. The van der Waals surface area contributed by atoms with Gasteiger partial charge in [0, 0.05) is 47.7 Å². The summed E-state index contributed by atoms with van der Waals surface area (Å²) in [5.74, 6) is 1.38. The third kappa shape index (κ3) is 7.13. The molecule has 1 saturated carbocycles. The molecular weight excluding hydrogens is 629 g/mol. The van der Waals surface area contributed by atoms with Gasteiger partial charge in [-0.2, -0.15) is 5.26 Å². The van der Waals surface area contributed by atoms with Gasteiger partial charge in [-0.25, -0.2) is 15.0 Å². The van der Waals surface area contributed by atoms with Crippen molar-refractivity contribution < 1.29 is 14.2 Å². The number of ether oxygens (including phenoxy) is 3. The number of aromatic nitrogens is 5. The molecule has 2 bridgehead atoms. The number of nitrogens with two attached hydrogens (primary N) is 1. The van der Waals surface area contributed by atoms with E-state index in [1.54, 1.807) is 36.0 Å². The molecule has 5 heterocycles. The fraction of sp³-hybridized carbons (Fsp3) is 0.471. The van der Waals surface area contributed by atoms with Crippen LogP contribution in [0, 0.1) is 11.3 Å². The van der Waals surface area contributed by atoms with E-state index in [0.717, 1.165) is 55.0 Å². The molecule has 1 unspecified atom stereocenters. The zero-order chi connectivity index (χ0) is 32.9. The maximum atomic E-state index is 9.59. The Labute approximate surface area is 283 Å². The number of nitrogens with zero attached hydrogens (tertiary/aromatic N) is 8. The van der Waals surface area contributed by atoms with Crippen LogP contribution in [0.1, 0.15) is 62.1 Å². The Kier molecular flexibility index (Phi) is 9.78. The fourth-order valence-corrected chi connectivity index (χ4v) is 7.63. The number of hydrogen-bond donors (Lipinski definition) is 2. The molecule has 0 radical (unpaired) electrons. The van der Waals surface area contributed by atoms with Crippen molar-refractivity contribution in [2.45, 2.75) is 82.3 Å². The molecular formula is C34H40N10O3S. The van der Waals surface area contributed by atoms with Crippen LogP contribution in [0.3, 0.4) is 0 Å². The Morgan fingerprint density at radius 2 is 1.83 bits per heavy atom. The lowest BCUT2D eigenvalue weighted by atomic mass is 9.89. The third-order valence-electron chi connectivity index (χ3n) is 9.40. The monoisotopic (exact) mass is 668 g/mol. The average molecular weight is 669 g/mol. The van der Waals surface area contributed by atoms with Gasteiger partial charge in [-0.3, -0.25) is 14.6 Å². The molecule has 48 heavy (non-hydrogen) atoms. The summed E-state index contributed by atoms with van der Waals surface area (Å²) in [4.78, 5) is 20.4. The van der Waals surface area contributed by atoms with E-state index in [0.29, 0.717) is 66.1 Å². The molecule has 3 aliphatic rings. The lowest BCUT2D eigenvalue weighted by molar-refractivity contribution is -0.0458. The molecule has 7 rings (SSSR count). The highest BCUT2D eigenvalue weighted by molar-refractivity contribution is 7.09. The first-order valence-corrected chi connectivity index (χ1v) is 17.4. The van der Waals surface area contributed by atoms with E-state index in [1.165, 1.54) is 19.2 Å². The second kappa shape index (κ2) is 14.7. The summed E-state index contributed by atoms with van der Waals surface area (Å²) < 4.78 is 20.1. The van der Waals surface area contributed by atoms with Gasteiger partial charge in [-0.15, -0.1) is 16.4 Å². The Bertz CT molecular complexity index is 1710. The number of aliphatic imine (C=N–C) groups is 1. The second-order valence-corrected chi connectivity index (χ2v) is 13.5. The highest BCUT2D eigenvalue weighted by atomic mass is 32.1. The number of anilines is 2. The third-order valence-corrected chi connectivity index (χ3v) is 10.2. The molecule has 13 nitrogen and oxygen atoms in total. The van der Waals surface area contributed by atoms with Crippen molar-refractivity contribution in [2.75, 3.05) is 25.1 Å². The van der Waals surface area contributed by atoms with Crippen LogP contribution in [0.5, 0.6) is 11.6 Å². The maximum absolute atomic E-state index is 9.59. The first-order valence-electron chi connectivity index (χ1n) is 16.5. The van der Waals surface area contributed by atoms with E-state index in [2.05, 4.69) is 40.9 Å². The topological polar surface area (TPSA) is 162 Å². The van der Waals surface area contributed by atoms with Crippen LogP contribution in [-0.2, 0) is 11.3 Å². The molecule has 0 spiro atoms. The standard InChI is InChI=1S/C34H40N10O3S/c1-22(14-37-21-36)47-31-12-23(2-3-24(31)13-35)25-15-39-34(40-16-25)41-30-17-43(42-33(30)46-20-32-38-10-11-48-32)26-4-6-27(7-5-26)44-28-8-9-29(44)19-45-18-28/h2-3,10-12,15-17,21-22,26-29H,4-9,14,18-20H2,1H3,(H2,36,37)(H,39,40,41)/t22-,26?,27?,28+,29?/m0/s1. The minimum Gasteiger partial charge on any atom is -0.487 e. The van der Waals surface area contributed by atoms with Gasteiger partial charge in [0.2, 0.25) is 5.95 Å². The summed E-state index contributed by atoms with van der Waals surface area (Å²) in [5, 5.41) is 20.6. The molecule has 3 N–H and O–H groups in total. The molecule has 3 atom stereocenters. The van der Waals surface area contributed by atoms with Gasteiger partial charge in [0.1, 0.15) is 35.2 Å². The van der Waals surface area contributed by atoms with E-state index in [9.17, 15) is 5.26 Å². The molecule has 3 aromatic heterocycles. The predicted molar refractivity (Wildman–Crippen MR) is 183 cm³/mol. The normalized spacial score (nSPS) is 23.2. The largest absolute Gasteiger partial charge is 0.487 e. The minimum absolute atomic E-state index is 0.252. The number of fused-ring (bicyclic) bond motifs is 2. The van der Waals surface area contributed by atoms with Gasteiger partial charge in [0.15, 0.2) is 0 Å². The molecule has 0 amide bonds. The van der Waals surface area contributed by atoms with Gasteiger partial charge in [0.05, 0.1) is 43.9 Å². The van der Waals surface area contributed by atoms with Gasteiger partial charge in [0.25, 0.3) is 5.88 Å². The number of nitrogens with one attached hydrogen (secondary N) is 1. The number of nitriles is 1. The number of hydrogen-bond acceptors (Lipinski definition) is 12. The van der Waals surface area contributed by atoms with Crippen LogP contribution in [0.25, 0.3) is 11.1 Å². The molecule has 4 aromatic rings. The fourth-order valence-electron chi connectivity index (χ4n) is 7.10. The summed E-state index contributed by atoms with van der Waals surface area (Å²) >= 11 is 1.55. The summed E-state index contributed by atoms with van der Waals surface area (Å²) in [6, 6.07) is 9.67. The summed E-state index contributed by atoms with van der Waals surface area (Å²) in [7, 11) is 0. The van der Waals surface area contributed by atoms with Crippen molar-refractivity contribution >= 4 is 29.3 Å². The first kappa shape index (κ1) is 32.0. The highest BCUT2D eigenvalue weighted by Crippen LogP contribution is 2.39. The molecule has 3 fully saturated rings. The van der Waals surface area contributed by atoms with E-state index in [-0.39, 0.29) is 6.10 Å². The molecule has 250 valence electrons. The quantitative estimate of drug-likeness (QED) is 0.153. The molecule has 1 aromatic carbocycles. The Hall–Kier alpha value is -4.58. The van der Waals surface area contributed by atoms with Crippen molar-refractivity contribution in [3.05, 3.63) is 58.9 Å². The minimum atomic E-state index is -0.252. The average Bonchev–Trinajstić information content (AvgIpc) is 3.84. The lowest BCUT2D eigenvalue weighted by Gasteiger charge is -2.43. The number of benzene rings is 1. The van der Waals surface area contributed by atoms with Gasteiger partial charge in [-0.1, -0.05) is 6.07 Å². The molecule has 2 saturated heterocycles. The lowest BCUT2D eigenvalue weighted by Crippen LogP contribution is -2.52. The van der Waals surface area contributed by atoms with Crippen LogP contribution < -0.4 is 20.5 Å². The molecule has 14 heteroatoms. The van der Waals surface area contributed by atoms with E-state index < -0.39 is 0 Å². The zero-order valence-electron chi connectivity index (χ0n) is 26.9. The van der Waals surface area contributed by atoms with E-state index in [4.69, 9.17) is 25.0 Å². The number of thiazole rings is 1. The van der Waals surface area contributed by atoms with E-state index >= 15 is 0 Å². The van der Waals surface area contributed by atoms with Crippen LogP contribution >= 0.6 is 11.3 Å². The van der Waals surface area contributed by atoms with Crippen LogP contribution in [0.4, 0.5) is 11.6 Å². The van der Waals surface area contributed by atoms with Crippen LogP contribution in [0.15, 0.2) is 53.4 Å².